The number of nitrogens with one attached hydrogen (secondary N) is 1. The molecule has 100 valence electrons. The smallest absolute Gasteiger partial charge is 0.0848 e. The molecule has 0 radical (unpaired) electrons. The molecule has 2 nitrogen and oxygen atoms in total. The summed E-state index contributed by atoms with van der Waals surface area (Å²) >= 11 is 0. The average molecular weight is 247 g/mol. The van der Waals surface area contributed by atoms with Gasteiger partial charge in [-0.25, -0.2) is 0 Å². The molecule has 18 heavy (non-hydrogen) atoms. The molecule has 1 fully saturated rings. The fourth-order valence-electron chi connectivity index (χ4n) is 2.95. The van der Waals surface area contributed by atoms with Gasteiger partial charge in [0.05, 0.1) is 11.6 Å². The summed E-state index contributed by atoms with van der Waals surface area (Å²) in [6.45, 7) is 5.32. The van der Waals surface area contributed by atoms with Gasteiger partial charge in [-0.2, -0.15) is 0 Å². The summed E-state index contributed by atoms with van der Waals surface area (Å²) in [5.74, 6) is 0. The Morgan fingerprint density at radius 1 is 1.28 bits per heavy atom. The minimum atomic E-state index is -0.0687. The second-order valence-electron chi connectivity index (χ2n) is 5.44. The van der Waals surface area contributed by atoms with E-state index in [9.17, 15) is 0 Å². The van der Waals surface area contributed by atoms with Crippen LogP contribution in [0, 0.1) is 0 Å². The van der Waals surface area contributed by atoms with Crippen molar-refractivity contribution in [2.75, 3.05) is 13.7 Å². The molecule has 1 aromatic rings. The van der Waals surface area contributed by atoms with Gasteiger partial charge in [0, 0.05) is 6.61 Å². The maximum atomic E-state index is 6.07. The Morgan fingerprint density at radius 2 is 2.00 bits per heavy atom. The summed E-state index contributed by atoms with van der Waals surface area (Å²) in [4.78, 5) is 0. The van der Waals surface area contributed by atoms with E-state index in [-0.39, 0.29) is 11.6 Å². The quantitative estimate of drug-likeness (QED) is 0.879. The average Bonchev–Trinajstić information content (AvgIpc) is 2.41. The predicted octanol–water partition coefficient (Wildman–Crippen LogP) is 3.47. The Morgan fingerprint density at radius 3 is 2.50 bits per heavy atom. The molecule has 0 saturated carbocycles. The summed E-state index contributed by atoms with van der Waals surface area (Å²) < 4.78 is 6.07. The normalized spacial score (nSPS) is 25.9. The van der Waals surface area contributed by atoms with Crippen LogP contribution in [0.15, 0.2) is 24.3 Å². The van der Waals surface area contributed by atoms with Crippen molar-refractivity contribution in [2.24, 2.45) is 0 Å². The highest BCUT2D eigenvalue weighted by Gasteiger charge is 2.36. The highest BCUT2D eigenvalue weighted by molar-refractivity contribution is 5.27. The lowest BCUT2D eigenvalue weighted by Gasteiger charge is -2.40. The molecule has 2 heteroatoms. The Labute approximate surface area is 111 Å². The molecular weight excluding hydrogens is 222 g/mol. The number of hydrogen-bond donors (Lipinski definition) is 1. The van der Waals surface area contributed by atoms with Gasteiger partial charge in [-0.1, -0.05) is 31.2 Å². The van der Waals surface area contributed by atoms with Gasteiger partial charge in [0.1, 0.15) is 0 Å². The van der Waals surface area contributed by atoms with E-state index in [0.29, 0.717) is 0 Å². The third kappa shape index (κ3) is 2.76. The van der Waals surface area contributed by atoms with Gasteiger partial charge in [-0.15, -0.1) is 0 Å². The van der Waals surface area contributed by atoms with Crippen LogP contribution < -0.4 is 5.32 Å². The third-order valence-electron chi connectivity index (χ3n) is 4.12. The summed E-state index contributed by atoms with van der Waals surface area (Å²) in [6, 6.07) is 9.22. The first-order valence-electron chi connectivity index (χ1n) is 7.09. The molecule has 1 heterocycles. The van der Waals surface area contributed by atoms with E-state index in [1.54, 1.807) is 0 Å². The second-order valence-corrected chi connectivity index (χ2v) is 5.44. The Kier molecular flexibility index (Phi) is 4.41. The first kappa shape index (κ1) is 13.6. The van der Waals surface area contributed by atoms with Gasteiger partial charge in [0.2, 0.25) is 0 Å². The number of benzene rings is 1. The third-order valence-corrected chi connectivity index (χ3v) is 4.12. The Hall–Kier alpha value is -0.860. The molecule has 2 unspecified atom stereocenters. The lowest BCUT2D eigenvalue weighted by atomic mass is 9.84. The molecule has 0 aliphatic carbocycles. The molecule has 1 aliphatic rings. The maximum Gasteiger partial charge on any atom is 0.0848 e. The highest BCUT2D eigenvalue weighted by Crippen LogP contribution is 2.36. The summed E-state index contributed by atoms with van der Waals surface area (Å²) in [7, 11) is 2.03. The minimum absolute atomic E-state index is 0.0687. The number of hydrogen-bond acceptors (Lipinski definition) is 2. The van der Waals surface area contributed by atoms with Crippen LogP contribution >= 0.6 is 0 Å². The van der Waals surface area contributed by atoms with E-state index >= 15 is 0 Å². The summed E-state index contributed by atoms with van der Waals surface area (Å²) in [5, 5.41) is 3.44. The summed E-state index contributed by atoms with van der Waals surface area (Å²) in [6.07, 6.45) is 4.69. The zero-order valence-electron chi connectivity index (χ0n) is 11.8. The van der Waals surface area contributed by atoms with E-state index in [2.05, 4.69) is 43.4 Å². The molecule has 1 aliphatic heterocycles. The predicted molar refractivity (Wildman–Crippen MR) is 75.8 cm³/mol. The van der Waals surface area contributed by atoms with Crippen LogP contribution in [-0.2, 0) is 11.2 Å². The van der Waals surface area contributed by atoms with Crippen molar-refractivity contribution < 1.29 is 4.74 Å². The number of likely N-dealkylation sites (N-methyl/N-ethyl adjacent to an activating group) is 1. The van der Waals surface area contributed by atoms with E-state index in [4.69, 9.17) is 4.74 Å². The van der Waals surface area contributed by atoms with E-state index < -0.39 is 0 Å². The molecule has 1 saturated heterocycles. The van der Waals surface area contributed by atoms with Crippen LogP contribution in [0.2, 0.25) is 0 Å². The van der Waals surface area contributed by atoms with Crippen LogP contribution in [0.3, 0.4) is 0 Å². The van der Waals surface area contributed by atoms with E-state index in [1.165, 1.54) is 24.0 Å². The summed E-state index contributed by atoms with van der Waals surface area (Å²) in [5.41, 5.74) is 2.66. The van der Waals surface area contributed by atoms with Crippen molar-refractivity contribution in [1.82, 2.24) is 5.32 Å². The lowest BCUT2D eigenvalue weighted by Crippen LogP contribution is -2.44. The second kappa shape index (κ2) is 5.85. The topological polar surface area (TPSA) is 21.3 Å². The minimum Gasteiger partial charge on any atom is -0.373 e. The molecule has 0 amide bonds. The lowest BCUT2D eigenvalue weighted by molar-refractivity contribution is -0.0884. The number of rotatable bonds is 4. The largest absolute Gasteiger partial charge is 0.373 e. The van der Waals surface area contributed by atoms with Crippen LogP contribution in [0.4, 0.5) is 0 Å². The van der Waals surface area contributed by atoms with Crippen LogP contribution in [-0.4, -0.2) is 19.3 Å². The zero-order valence-corrected chi connectivity index (χ0v) is 11.8. The molecule has 2 atom stereocenters. The van der Waals surface area contributed by atoms with Gasteiger partial charge in [0.15, 0.2) is 0 Å². The van der Waals surface area contributed by atoms with Crippen LogP contribution in [0.1, 0.15) is 50.3 Å². The number of ether oxygens (including phenoxy) is 1. The molecule has 0 spiro atoms. The molecule has 1 N–H and O–H groups in total. The van der Waals surface area contributed by atoms with Crippen molar-refractivity contribution >= 4 is 0 Å². The standard InChI is InChI=1S/C16H25NO/c1-4-13-7-9-14(10-8-13)15(17-3)16(2)11-5-6-12-18-16/h7-10,15,17H,4-6,11-12H2,1-3H3. The van der Waals surface area contributed by atoms with E-state index in [1.807, 2.05) is 7.05 Å². The first-order valence-corrected chi connectivity index (χ1v) is 7.09. The van der Waals surface area contributed by atoms with Gasteiger partial charge < -0.3 is 10.1 Å². The number of aryl methyl sites for hydroxylation is 1. The van der Waals surface area contributed by atoms with Gasteiger partial charge in [-0.05, 0) is 50.8 Å². The Balaban J connectivity index is 2.20. The van der Waals surface area contributed by atoms with Gasteiger partial charge >= 0.3 is 0 Å². The first-order chi connectivity index (χ1) is 8.69. The van der Waals surface area contributed by atoms with Gasteiger partial charge in [-0.3, -0.25) is 0 Å². The maximum absolute atomic E-state index is 6.07. The van der Waals surface area contributed by atoms with Crippen molar-refractivity contribution in [3.8, 4) is 0 Å². The molecular formula is C16H25NO. The van der Waals surface area contributed by atoms with Crippen LogP contribution in [0.5, 0.6) is 0 Å². The molecule has 2 rings (SSSR count). The van der Waals surface area contributed by atoms with Gasteiger partial charge in [0.25, 0.3) is 0 Å². The zero-order chi connectivity index (χ0) is 13.0. The Bertz CT molecular complexity index is 365. The van der Waals surface area contributed by atoms with E-state index in [0.717, 1.165) is 19.4 Å². The fourth-order valence-corrected chi connectivity index (χ4v) is 2.95. The monoisotopic (exact) mass is 247 g/mol. The molecule has 0 aromatic heterocycles. The SMILES string of the molecule is CCc1ccc(C(NC)C2(C)CCCCO2)cc1. The van der Waals surface area contributed by atoms with Crippen molar-refractivity contribution in [3.05, 3.63) is 35.4 Å². The molecule has 1 aromatic carbocycles. The molecule has 0 bridgehead atoms. The van der Waals surface area contributed by atoms with Crippen molar-refractivity contribution in [1.29, 1.82) is 0 Å². The van der Waals surface area contributed by atoms with Crippen molar-refractivity contribution in [2.45, 2.75) is 51.2 Å². The van der Waals surface area contributed by atoms with Crippen molar-refractivity contribution in [3.63, 3.8) is 0 Å². The van der Waals surface area contributed by atoms with Crippen LogP contribution in [0.25, 0.3) is 0 Å². The highest BCUT2D eigenvalue weighted by atomic mass is 16.5. The fraction of sp³-hybridized carbons (Fsp3) is 0.625.